The zero-order valence-electron chi connectivity index (χ0n) is 9.86. The molecule has 88 valence electrons. The van der Waals surface area contributed by atoms with Crippen molar-refractivity contribution in [1.82, 2.24) is 4.98 Å². The minimum atomic E-state index is 0.0465. The lowest BCUT2D eigenvalue weighted by Gasteiger charge is -2.05. The summed E-state index contributed by atoms with van der Waals surface area (Å²) in [5, 5.41) is 2.89. The highest BCUT2D eigenvalue weighted by Gasteiger charge is 2.03. The molecule has 0 aliphatic rings. The van der Waals surface area contributed by atoms with Gasteiger partial charge >= 0.3 is 0 Å². The van der Waals surface area contributed by atoms with E-state index in [1.807, 2.05) is 49.5 Å². The Morgan fingerprint density at radius 3 is 2.88 bits per heavy atom. The lowest BCUT2D eigenvalue weighted by Crippen LogP contribution is -2.12. The van der Waals surface area contributed by atoms with E-state index in [4.69, 9.17) is 0 Å². The second-order valence-electron chi connectivity index (χ2n) is 4.11. The molecule has 0 aliphatic heterocycles. The van der Waals surface area contributed by atoms with Crippen LogP contribution in [-0.2, 0) is 11.2 Å². The molecule has 0 aliphatic carbocycles. The van der Waals surface area contributed by atoms with Gasteiger partial charge in [0.2, 0.25) is 5.91 Å². The Balaban J connectivity index is 1.85. The second-order valence-corrected chi connectivity index (χ2v) is 4.11. The van der Waals surface area contributed by atoms with Crippen molar-refractivity contribution in [2.45, 2.75) is 19.8 Å². The highest BCUT2D eigenvalue weighted by atomic mass is 16.1. The molecule has 3 nitrogen and oxygen atoms in total. The van der Waals surface area contributed by atoms with Gasteiger partial charge in [-0.05, 0) is 43.2 Å². The maximum absolute atomic E-state index is 11.7. The largest absolute Gasteiger partial charge is 0.365 e. The van der Waals surface area contributed by atoms with Crippen molar-refractivity contribution in [3.05, 3.63) is 53.9 Å². The fourth-order valence-electron chi connectivity index (χ4n) is 1.72. The number of carbonyl (C=O) groups excluding carboxylic acids is 1. The van der Waals surface area contributed by atoms with E-state index in [0.29, 0.717) is 6.42 Å². The van der Waals surface area contributed by atoms with E-state index >= 15 is 0 Å². The highest BCUT2D eigenvalue weighted by Crippen LogP contribution is 2.10. The van der Waals surface area contributed by atoms with Gasteiger partial charge in [-0.15, -0.1) is 0 Å². The van der Waals surface area contributed by atoms with Gasteiger partial charge in [0.05, 0.1) is 0 Å². The number of aromatic amines is 1. The SMILES string of the molecule is Cc1cccc(NC(=O)CCc2ccc[nH]2)c1. The van der Waals surface area contributed by atoms with Gasteiger partial charge < -0.3 is 10.3 Å². The van der Waals surface area contributed by atoms with Crippen molar-refractivity contribution in [1.29, 1.82) is 0 Å². The van der Waals surface area contributed by atoms with E-state index in [0.717, 1.165) is 23.4 Å². The molecular formula is C14H16N2O. The summed E-state index contributed by atoms with van der Waals surface area (Å²) in [4.78, 5) is 14.8. The Morgan fingerprint density at radius 2 is 2.18 bits per heavy atom. The van der Waals surface area contributed by atoms with E-state index in [1.165, 1.54) is 0 Å². The average Bonchev–Trinajstić information content (AvgIpc) is 2.79. The minimum Gasteiger partial charge on any atom is -0.365 e. The average molecular weight is 228 g/mol. The zero-order chi connectivity index (χ0) is 12.1. The van der Waals surface area contributed by atoms with Gasteiger partial charge in [-0.1, -0.05) is 12.1 Å². The summed E-state index contributed by atoms with van der Waals surface area (Å²) in [5.74, 6) is 0.0465. The van der Waals surface area contributed by atoms with E-state index in [2.05, 4.69) is 10.3 Å². The number of rotatable bonds is 4. The molecule has 0 spiro atoms. The fourth-order valence-corrected chi connectivity index (χ4v) is 1.72. The number of carbonyl (C=O) groups is 1. The summed E-state index contributed by atoms with van der Waals surface area (Å²) < 4.78 is 0. The zero-order valence-corrected chi connectivity index (χ0v) is 9.86. The maximum atomic E-state index is 11.7. The van der Waals surface area contributed by atoms with Crippen LogP contribution in [-0.4, -0.2) is 10.9 Å². The Labute approximate surface area is 101 Å². The van der Waals surface area contributed by atoms with Gasteiger partial charge in [0, 0.05) is 24.0 Å². The third-order valence-electron chi connectivity index (χ3n) is 2.59. The van der Waals surface area contributed by atoms with Crippen LogP contribution < -0.4 is 5.32 Å². The van der Waals surface area contributed by atoms with Crippen LogP contribution in [0.3, 0.4) is 0 Å². The Hall–Kier alpha value is -2.03. The summed E-state index contributed by atoms with van der Waals surface area (Å²) in [6.07, 6.45) is 3.10. The van der Waals surface area contributed by atoms with Crippen LogP contribution in [0.4, 0.5) is 5.69 Å². The van der Waals surface area contributed by atoms with Crippen molar-refractivity contribution in [2.24, 2.45) is 0 Å². The first-order valence-electron chi connectivity index (χ1n) is 5.73. The summed E-state index contributed by atoms with van der Waals surface area (Å²) in [6, 6.07) is 11.7. The summed E-state index contributed by atoms with van der Waals surface area (Å²) >= 11 is 0. The number of H-pyrrole nitrogens is 1. The molecule has 0 saturated carbocycles. The summed E-state index contributed by atoms with van der Waals surface area (Å²) in [7, 11) is 0. The molecule has 17 heavy (non-hydrogen) atoms. The van der Waals surface area contributed by atoms with Gasteiger partial charge in [0.15, 0.2) is 0 Å². The predicted octanol–water partition coefficient (Wildman–Crippen LogP) is 2.89. The summed E-state index contributed by atoms with van der Waals surface area (Å²) in [6.45, 7) is 2.01. The van der Waals surface area contributed by atoms with Gasteiger partial charge in [0.25, 0.3) is 0 Å². The standard InChI is InChI=1S/C14H16N2O/c1-11-4-2-5-13(10-11)16-14(17)8-7-12-6-3-9-15-12/h2-6,9-10,15H,7-8H2,1H3,(H,16,17). The third kappa shape index (κ3) is 3.48. The van der Waals surface area contributed by atoms with Crippen LogP contribution in [0.1, 0.15) is 17.7 Å². The molecule has 3 heteroatoms. The predicted molar refractivity (Wildman–Crippen MR) is 68.9 cm³/mol. The van der Waals surface area contributed by atoms with Gasteiger partial charge in [-0.3, -0.25) is 4.79 Å². The first kappa shape index (κ1) is 11.5. The molecule has 1 aromatic heterocycles. The monoisotopic (exact) mass is 228 g/mol. The third-order valence-corrected chi connectivity index (χ3v) is 2.59. The van der Waals surface area contributed by atoms with E-state index in [9.17, 15) is 4.79 Å². The Kier molecular flexibility index (Phi) is 3.60. The molecule has 0 radical (unpaired) electrons. The van der Waals surface area contributed by atoms with Crippen LogP contribution in [0.2, 0.25) is 0 Å². The first-order valence-corrected chi connectivity index (χ1v) is 5.73. The maximum Gasteiger partial charge on any atom is 0.224 e. The summed E-state index contributed by atoms with van der Waals surface area (Å²) in [5.41, 5.74) is 3.10. The number of hydrogen-bond acceptors (Lipinski definition) is 1. The van der Waals surface area contributed by atoms with Crippen molar-refractivity contribution < 1.29 is 4.79 Å². The fraction of sp³-hybridized carbons (Fsp3) is 0.214. The Morgan fingerprint density at radius 1 is 1.29 bits per heavy atom. The van der Waals surface area contributed by atoms with Gasteiger partial charge in [-0.2, -0.15) is 0 Å². The number of amides is 1. The van der Waals surface area contributed by atoms with Crippen LogP contribution in [0.5, 0.6) is 0 Å². The smallest absolute Gasteiger partial charge is 0.224 e. The lowest BCUT2D eigenvalue weighted by atomic mass is 10.2. The number of anilines is 1. The molecule has 2 rings (SSSR count). The van der Waals surface area contributed by atoms with Crippen molar-refractivity contribution in [3.63, 3.8) is 0 Å². The molecule has 1 heterocycles. The molecule has 0 bridgehead atoms. The quantitative estimate of drug-likeness (QED) is 0.830. The lowest BCUT2D eigenvalue weighted by molar-refractivity contribution is -0.116. The topological polar surface area (TPSA) is 44.9 Å². The molecule has 1 amide bonds. The molecule has 2 aromatic rings. The molecule has 1 aromatic carbocycles. The van der Waals surface area contributed by atoms with Crippen LogP contribution in [0, 0.1) is 6.92 Å². The number of aryl methyl sites for hydroxylation is 2. The van der Waals surface area contributed by atoms with Crippen LogP contribution >= 0.6 is 0 Å². The molecule has 0 atom stereocenters. The van der Waals surface area contributed by atoms with Crippen LogP contribution in [0.25, 0.3) is 0 Å². The number of aromatic nitrogens is 1. The number of benzene rings is 1. The number of hydrogen-bond donors (Lipinski definition) is 2. The Bertz CT molecular complexity index is 489. The molecule has 0 fully saturated rings. The first-order chi connectivity index (χ1) is 8.24. The van der Waals surface area contributed by atoms with Gasteiger partial charge in [-0.25, -0.2) is 0 Å². The van der Waals surface area contributed by atoms with Crippen molar-refractivity contribution in [3.8, 4) is 0 Å². The normalized spacial score (nSPS) is 10.2. The van der Waals surface area contributed by atoms with E-state index in [-0.39, 0.29) is 5.91 Å². The highest BCUT2D eigenvalue weighted by molar-refractivity contribution is 5.90. The van der Waals surface area contributed by atoms with Crippen molar-refractivity contribution in [2.75, 3.05) is 5.32 Å². The molecule has 0 unspecified atom stereocenters. The van der Waals surface area contributed by atoms with Crippen LogP contribution in [0.15, 0.2) is 42.6 Å². The minimum absolute atomic E-state index is 0.0465. The second kappa shape index (κ2) is 5.34. The molecular weight excluding hydrogens is 212 g/mol. The molecule has 0 saturated heterocycles. The van der Waals surface area contributed by atoms with E-state index < -0.39 is 0 Å². The van der Waals surface area contributed by atoms with Gasteiger partial charge in [0.1, 0.15) is 0 Å². The number of nitrogens with one attached hydrogen (secondary N) is 2. The van der Waals surface area contributed by atoms with E-state index in [1.54, 1.807) is 0 Å². The molecule has 2 N–H and O–H groups in total. The van der Waals surface area contributed by atoms with Crippen molar-refractivity contribution >= 4 is 11.6 Å².